The highest BCUT2D eigenvalue weighted by Crippen LogP contribution is 2.25. The summed E-state index contributed by atoms with van der Waals surface area (Å²) in [5.41, 5.74) is 4.21. The van der Waals surface area contributed by atoms with Gasteiger partial charge in [-0.05, 0) is 35.7 Å². The third-order valence-corrected chi connectivity index (χ3v) is 5.18. The number of sulfone groups is 1. The normalized spacial score (nSPS) is 11.8. The molecule has 0 aliphatic carbocycles. The average molecular weight is 340 g/mol. The minimum absolute atomic E-state index is 0.314. The van der Waals surface area contributed by atoms with Gasteiger partial charge in [0.15, 0.2) is 9.84 Å². The maximum absolute atomic E-state index is 11.6. The van der Waals surface area contributed by atoms with Crippen molar-refractivity contribution in [2.24, 2.45) is 0 Å². The highest BCUT2D eigenvalue weighted by atomic mass is 32.2. The van der Waals surface area contributed by atoms with Crippen LogP contribution in [0.25, 0.3) is 16.9 Å². The predicted molar refractivity (Wildman–Crippen MR) is 96.2 cm³/mol. The summed E-state index contributed by atoms with van der Waals surface area (Å²) in [5.74, 6) is 0.493. The lowest BCUT2D eigenvalue weighted by Crippen LogP contribution is -1.99. The van der Waals surface area contributed by atoms with E-state index in [9.17, 15) is 8.42 Å². The topological polar surface area (TPSA) is 52.0 Å². The van der Waals surface area contributed by atoms with Crippen molar-refractivity contribution in [2.45, 2.75) is 24.7 Å². The minimum Gasteiger partial charge on any atom is -0.299 e. The molecule has 0 spiro atoms. The lowest BCUT2D eigenvalue weighted by atomic mass is 10.0. The summed E-state index contributed by atoms with van der Waals surface area (Å²) in [6, 6.07) is 15.3. The Kier molecular flexibility index (Phi) is 4.28. The van der Waals surface area contributed by atoms with Crippen LogP contribution < -0.4 is 0 Å². The first kappa shape index (κ1) is 16.5. The van der Waals surface area contributed by atoms with Crippen LogP contribution in [0.5, 0.6) is 0 Å². The van der Waals surface area contributed by atoms with E-state index < -0.39 is 9.84 Å². The van der Waals surface area contributed by atoms with Crippen LogP contribution in [-0.4, -0.2) is 24.2 Å². The SMILES string of the molecule is CC(C)c1ccc(-c2cncn2-c2ccc(S(C)(=O)=O)cc2)cc1. The predicted octanol–water partition coefficient (Wildman–Crippen LogP) is 4.07. The van der Waals surface area contributed by atoms with Crippen LogP contribution in [0.4, 0.5) is 0 Å². The third kappa shape index (κ3) is 3.26. The highest BCUT2D eigenvalue weighted by Gasteiger charge is 2.10. The van der Waals surface area contributed by atoms with Crippen molar-refractivity contribution in [2.75, 3.05) is 6.26 Å². The summed E-state index contributed by atoms with van der Waals surface area (Å²) >= 11 is 0. The molecule has 3 aromatic rings. The van der Waals surface area contributed by atoms with Gasteiger partial charge in [0.1, 0.15) is 0 Å². The van der Waals surface area contributed by atoms with Crippen LogP contribution >= 0.6 is 0 Å². The molecular formula is C19H20N2O2S. The second-order valence-corrected chi connectivity index (χ2v) is 8.21. The van der Waals surface area contributed by atoms with Crippen molar-refractivity contribution < 1.29 is 8.42 Å². The third-order valence-electron chi connectivity index (χ3n) is 4.05. The molecule has 1 aromatic heterocycles. The zero-order chi connectivity index (χ0) is 17.3. The van der Waals surface area contributed by atoms with Crippen LogP contribution in [0.2, 0.25) is 0 Å². The Hall–Kier alpha value is -2.40. The second-order valence-electron chi connectivity index (χ2n) is 6.19. The molecule has 0 unspecified atom stereocenters. The first-order chi connectivity index (χ1) is 11.4. The second kappa shape index (κ2) is 6.24. The number of imidazole rings is 1. The Balaban J connectivity index is 1.98. The van der Waals surface area contributed by atoms with Gasteiger partial charge in [-0.1, -0.05) is 38.1 Å². The number of hydrogen-bond donors (Lipinski definition) is 0. The monoisotopic (exact) mass is 340 g/mol. The van der Waals surface area contributed by atoms with E-state index in [2.05, 4.69) is 43.1 Å². The van der Waals surface area contributed by atoms with Crippen molar-refractivity contribution in [1.29, 1.82) is 0 Å². The molecule has 0 aliphatic heterocycles. The van der Waals surface area contributed by atoms with Crippen LogP contribution in [0.1, 0.15) is 25.3 Å². The van der Waals surface area contributed by atoms with Gasteiger partial charge in [-0.2, -0.15) is 0 Å². The Bertz CT molecular complexity index is 938. The smallest absolute Gasteiger partial charge is 0.175 e. The molecule has 24 heavy (non-hydrogen) atoms. The number of benzene rings is 2. The molecule has 5 heteroatoms. The maximum Gasteiger partial charge on any atom is 0.175 e. The van der Waals surface area contributed by atoms with Crippen LogP contribution in [-0.2, 0) is 9.84 Å². The zero-order valence-electron chi connectivity index (χ0n) is 14.0. The number of hydrogen-bond acceptors (Lipinski definition) is 3. The Labute approximate surface area is 142 Å². The van der Waals surface area contributed by atoms with Crippen molar-refractivity contribution in [3.63, 3.8) is 0 Å². The molecular weight excluding hydrogens is 320 g/mol. The molecule has 2 aromatic carbocycles. The van der Waals surface area contributed by atoms with Crippen molar-refractivity contribution in [3.8, 4) is 16.9 Å². The number of nitrogens with zero attached hydrogens (tertiary/aromatic N) is 2. The van der Waals surface area contributed by atoms with E-state index in [1.807, 2.05) is 10.8 Å². The van der Waals surface area contributed by atoms with Gasteiger partial charge >= 0.3 is 0 Å². The van der Waals surface area contributed by atoms with Gasteiger partial charge in [0.25, 0.3) is 0 Å². The summed E-state index contributed by atoms with van der Waals surface area (Å²) in [6.07, 6.45) is 4.76. The Morgan fingerprint density at radius 2 is 1.58 bits per heavy atom. The molecule has 0 atom stereocenters. The van der Waals surface area contributed by atoms with Crippen molar-refractivity contribution in [1.82, 2.24) is 9.55 Å². The largest absolute Gasteiger partial charge is 0.299 e. The molecule has 4 nitrogen and oxygen atoms in total. The van der Waals surface area contributed by atoms with Gasteiger partial charge in [0, 0.05) is 17.5 Å². The molecule has 0 N–H and O–H groups in total. The standard InChI is InChI=1S/C19H20N2O2S/c1-14(2)15-4-6-16(7-5-15)19-12-20-13-21(19)17-8-10-18(11-9-17)24(3,22)23/h4-14H,1-3H3. The summed E-state index contributed by atoms with van der Waals surface area (Å²) < 4.78 is 25.1. The van der Waals surface area contributed by atoms with Crippen LogP contribution in [0.3, 0.4) is 0 Å². The summed E-state index contributed by atoms with van der Waals surface area (Å²) in [7, 11) is -3.19. The van der Waals surface area contributed by atoms with Gasteiger partial charge in [0.05, 0.1) is 23.1 Å². The van der Waals surface area contributed by atoms with E-state index in [4.69, 9.17) is 0 Å². The zero-order valence-corrected chi connectivity index (χ0v) is 14.8. The highest BCUT2D eigenvalue weighted by molar-refractivity contribution is 7.90. The van der Waals surface area contributed by atoms with Crippen LogP contribution in [0.15, 0.2) is 66.0 Å². The maximum atomic E-state index is 11.6. The first-order valence-electron chi connectivity index (χ1n) is 7.79. The van der Waals surface area contributed by atoms with Gasteiger partial charge in [-0.15, -0.1) is 0 Å². The van der Waals surface area contributed by atoms with E-state index >= 15 is 0 Å². The number of rotatable bonds is 4. The summed E-state index contributed by atoms with van der Waals surface area (Å²) in [6.45, 7) is 4.34. The van der Waals surface area contributed by atoms with E-state index in [0.717, 1.165) is 16.9 Å². The minimum atomic E-state index is -3.19. The lowest BCUT2D eigenvalue weighted by Gasteiger charge is -2.10. The van der Waals surface area contributed by atoms with E-state index in [1.54, 1.807) is 30.6 Å². The molecule has 0 saturated carbocycles. The van der Waals surface area contributed by atoms with Crippen molar-refractivity contribution >= 4 is 9.84 Å². The molecule has 3 rings (SSSR count). The fourth-order valence-electron chi connectivity index (χ4n) is 2.61. The van der Waals surface area contributed by atoms with E-state index in [-0.39, 0.29) is 0 Å². The summed E-state index contributed by atoms with van der Waals surface area (Å²) in [4.78, 5) is 4.56. The molecule has 0 fully saturated rings. The molecule has 0 saturated heterocycles. The summed E-state index contributed by atoms with van der Waals surface area (Å²) in [5, 5.41) is 0. The molecule has 0 bridgehead atoms. The van der Waals surface area contributed by atoms with Gasteiger partial charge in [0.2, 0.25) is 0 Å². The molecule has 124 valence electrons. The van der Waals surface area contributed by atoms with E-state index in [1.165, 1.54) is 11.8 Å². The first-order valence-corrected chi connectivity index (χ1v) is 9.68. The molecule has 0 amide bonds. The van der Waals surface area contributed by atoms with E-state index in [0.29, 0.717) is 10.8 Å². The molecule has 1 heterocycles. The Morgan fingerprint density at radius 3 is 2.12 bits per heavy atom. The quantitative estimate of drug-likeness (QED) is 0.719. The van der Waals surface area contributed by atoms with Gasteiger partial charge in [-0.25, -0.2) is 13.4 Å². The van der Waals surface area contributed by atoms with Crippen molar-refractivity contribution in [3.05, 3.63) is 66.6 Å². The van der Waals surface area contributed by atoms with Gasteiger partial charge < -0.3 is 0 Å². The lowest BCUT2D eigenvalue weighted by molar-refractivity contribution is 0.602. The Morgan fingerprint density at radius 1 is 0.958 bits per heavy atom. The number of aromatic nitrogens is 2. The van der Waals surface area contributed by atoms with Gasteiger partial charge in [-0.3, -0.25) is 4.57 Å². The molecule has 0 radical (unpaired) electrons. The molecule has 0 aliphatic rings. The van der Waals surface area contributed by atoms with Crippen LogP contribution in [0, 0.1) is 0 Å². The fourth-order valence-corrected chi connectivity index (χ4v) is 3.24. The average Bonchev–Trinajstić information content (AvgIpc) is 3.04. The fraction of sp³-hybridized carbons (Fsp3) is 0.211.